The zero-order valence-electron chi connectivity index (χ0n) is 16.0. The van der Waals surface area contributed by atoms with E-state index in [1.165, 1.54) is 16.9 Å². The second-order valence-electron chi connectivity index (χ2n) is 6.60. The number of nitrogens with zero attached hydrogens (tertiary/aromatic N) is 2. The van der Waals surface area contributed by atoms with Gasteiger partial charge < -0.3 is 14.5 Å². The van der Waals surface area contributed by atoms with E-state index >= 15 is 0 Å². The van der Waals surface area contributed by atoms with Crippen LogP contribution in [-0.4, -0.2) is 15.7 Å². The molecule has 0 bridgehead atoms. The summed E-state index contributed by atoms with van der Waals surface area (Å²) in [5.41, 5.74) is 0.962. The van der Waals surface area contributed by atoms with Crippen molar-refractivity contribution in [2.75, 3.05) is 5.32 Å². The molecule has 2 aromatic carbocycles. The molecule has 0 spiro atoms. The second kappa shape index (κ2) is 9.24. The Kier molecular flexibility index (Phi) is 6.25. The summed E-state index contributed by atoms with van der Waals surface area (Å²) < 4.78 is 26.5. The lowest BCUT2D eigenvalue weighted by atomic mass is 10.2. The number of benzene rings is 2. The molecule has 1 amide bonds. The van der Waals surface area contributed by atoms with Crippen LogP contribution >= 0.6 is 23.2 Å². The Morgan fingerprint density at radius 1 is 1.16 bits per heavy atom. The summed E-state index contributed by atoms with van der Waals surface area (Å²) in [5.74, 6) is 0.264. The number of furan rings is 1. The second-order valence-corrected chi connectivity index (χ2v) is 7.45. The Hall–Kier alpha value is -3.29. The van der Waals surface area contributed by atoms with Crippen LogP contribution in [0.2, 0.25) is 10.0 Å². The van der Waals surface area contributed by atoms with Crippen LogP contribution in [0.4, 0.5) is 10.1 Å². The number of anilines is 1. The summed E-state index contributed by atoms with van der Waals surface area (Å²) >= 11 is 11.9. The van der Waals surface area contributed by atoms with Crippen molar-refractivity contribution in [2.45, 2.75) is 13.2 Å². The van der Waals surface area contributed by atoms with Crippen LogP contribution in [0.3, 0.4) is 0 Å². The Morgan fingerprint density at radius 2 is 2.00 bits per heavy atom. The molecule has 9 heteroatoms. The molecule has 0 fully saturated rings. The molecular formula is C22H16Cl2FN3O3. The average molecular weight is 460 g/mol. The number of hydrogen-bond acceptors (Lipinski definition) is 4. The third kappa shape index (κ3) is 5.25. The number of aromatic nitrogens is 2. The fourth-order valence-corrected chi connectivity index (χ4v) is 3.29. The van der Waals surface area contributed by atoms with Crippen LogP contribution < -0.4 is 10.1 Å². The van der Waals surface area contributed by atoms with E-state index in [0.29, 0.717) is 32.8 Å². The Bertz CT molecular complexity index is 1220. The highest BCUT2D eigenvalue weighted by atomic mass is 35.5. The van der Waals surface area contributed by atoms with Crippen molar-refractivity contribution in [1.29, 1.82) is 0 Å². The van der Waals surface area contributed by atoms with Crippen molar-refractivity contribution >= 4 is 34.8 Å². The molecule has 31 heavy (non-hydrogen) atoms. The van der Waals surface area contributed by atoms with Gasteiger partial charge in [0, 0.05) is 16.8 Å². The fraction of sp³-hybridized carbons (Fsp3) is 0.0909. The molecule has 2 heterocycles. The first-order chi connectivity index (χ1) is 15.0. The van der Waals surface area contributed by atoms with Crippen molar-refractivity contribution in [2.24, 2.45) is 0 Å². The highest BCUT2D eigenvalue weighted by Gasteiger charge is 2.14. The molecule has 0 atom stereocenters. The Labute approximate surface area is 187 Å². The van der Waals surface area contributed by atoms with Gasteiger partial charge in [-0.2, -0.15) is 5.10 Å². The van der Waals surface area contributed by atoms with Crippen molar-refractivity contribution in [1.82, 2.24) is 9.78 Å². The average Bonchev–Trinajstić information content (AvgIpc) is 3.39. The molecule has 0 aliphatic heterocycles. The van der Waals surface area contributed by atoms with Gasteiger partial charge in [-0.1, -0.05) is 41.4 Å². The molecular weight excluding hydrogens is 444 g/mol. The molecule has 4 aromatic rings. The first kappa shape index (κ1) is 21.0. The van der Waals surface area contributed by atoms with Crippen LogP contribution in [0, 0.1) is 5.82 Å². The molecule has 0 aliphatic rings. The SMILES string of the molecule is O=C(Nc1cnn(Cc2ccccc2F)c1)c1ccc(COc2ccc(Cl)cc2Cl)o1. The Balaban J connectivity index is 1.35. The van der Waals surface area contributed by atoms with Crippen LogP contribution in [0.15, 0.2) is 71.4 Å². The van der Waals surface area contributed by atoms with Gasteiger partial charge in [0.25, 0.3) is 5.91 Å². The predicted molar refractivity (Wildman–Crippen MR) is 115 cm³/mol. The summed E-state index contributed by atoms with van der Waals surface area (Å²) in [6, 6.07) is 14.5. The normalized spacial score (nSPS) is 10.8. The fourth-order valence-electron chi connectivity index (χ4n) is 2.83. The summed E-state index contributed by atoms with van der Waals surface area (Å²) in [4.78, 5) is 12.4. The Morgan fingerprint density at radius 3 is 2.81 bits per heavy atom. The summed E-state index contributed by atoms with van der Waals surface area (Å²) in [6.07, 6.45) is 3.09. The number of carbonyl (C=O) groups is 1. The maximum absolute atomic E-state index is 13.8. The lowest BCUT2D eigenvalue weighted by Gasteiger charge is -2.06. The minimum absolute atomic E-state index is 0.0925. The lowest BCUT2D eigenvalue weighted by molar-refractivity contribution is 0.0992. The van der Waals surface area contributed by atoms with Gasteiger partial charge in [-0.25, -0.2) is 4.39 Å². The van der Waals surface area contributed by atoms with Gasteiger partial charge in [-0.15, -0.1) is 0 Å². The van der Waals surface area contributed by atoms with E-state index in [4.69, 9.17) is 32.4 Å². The van der Waals surface area contributed by atoms with Gasteiger partial charge in [0.15, 0.2) is 5.76 Å². The zero-order valence-corrected chi connectivity index (χ0v) is 17.5. The van der Waals surface area contributed by atoms with Crippen molar-refractivity contribution in [3.63, 3.8) is 0 Å². The van der Waals surface area contributed by atoms with Crippen molar-refractivity contribution < 1.29 is 18.3 Å². The van der Waals surface area contributed by atoms with E-state index in [1.54, 1.807) is 54.7 Å². The van der Waals surface area contributed by atoms with Crippen LogP contribution in [0.5, 0.6) is 5.75 Å². The van der Waals surface area contributed by atoms with Crippen LogP contribution in [0.1, 0.15) is 21.9 Å². The minimum Gasteiger partial charge on any atom is -0.484 e. The molecule has 0 radical (unpaired) electrons. The first-order valence-corrected chi connectivity index (χ1v) is 9.97. The molecule has 0 saturated heterocycles. The maximum Gasteiger partial charge on any atom is 0.291 e. The largest absolute Gasteiger partial charge is 0.484 e. The number of rotatable bonds is 7. The monoisotopic (exact) mass is 459 g/mol. The lowest BCUT2D eigenvalue weighted by Crippen LogP contribution is -2.10. The predicted octanol–water partition coefficient (Wildman–Crippen LogP) is 5.80. The van der Waals surface area contributed by atoms with Gasteiger partial charge in [-0.05, 0) is 36.4 Å². The van der Waals surface area contributed by atoms with E-state index in [-0.39, 0.29) is 24.7 Å². The molecule has 0 unspecified atom stereocenters. The summed E-state index contributed by atoms with van der Waals surface area (Å²) in [7, 11) is 0. The van der Waals surface area contributed by atoms with Gasteiger partial charge in [0.05, 0.1) is 23.5 Å². The van der Waals surface area contributed by atoms with Gasteiger partial charge in [-0.3, -0.25) is 9.48 Å². The summed E-state index contributed by atoms with van der Waals surface area (Å²) in [5, 5.41) is 7.72. The third-order valence-corrected chi connectivity index (χ3v) is 4.86. The molecule has 6 nitrogen and oxygen atoms in total. The quantitative estimate of drug-likeness (QED) is 0.379. The minimum atomic E-state index is -0.443. The molecule has 158 valence electrons. The standard InChI is InChI=1S/C22H16Cl2FN3O3/c23-15-5-7-20(18(24)9-15)30-13-17-6-8-21(31-17)22(29)27-16-10-26-28(12-16)11-14-3-1-2-4-19(14)25/h1-10,12H,11,13H2,(H,27,29). The summed E-state index contributed by atoms with van der Waals surface area (Å²) in [6.45, 7) is 0.341. The number of hydrogen-bond donors (Lipinski definition) is 1. The zero-order chi connectivity index (χ0) is 21.8. The smallest absolute Gasteiger partial charge is 0.291 e. The van der Waals surface area contributed by atoms with Crippen LogP contribution in [-0.2, 0) is 13.2 Å². The first-order valence-electron chi connectivity index (χ1n) is 9.22. The third-order valence-electron chi connectivity index (χ3n) is 4.33. The van der Waals surface area contributed by atoms with Gasteiger partial charge in [0.2, 0.25) is 0 Å². The number of amides is 1. The highest BCUT2D eigenvalue weighted by molar-refractivity contribution is 6.35. The maximum atomic E-state index is 13.8. The van der Waals surface area contributed by atoms with E-state index in [0.717, 1.165) is 0 Å². The number of nitrogens with one attached hydrogen (secondary N) is 1. The van der Waals surface area contributed by atoms with Gasteiger partial charge >= 0.3 is 0 Å². The highest BCUT2D eigenvalue weighted by Crippen LogP contribution is 2.28. The van der Waals surface area contributed by atoms with Crippen molar-refractivity contribution in [3.8, 4) is 5.75 Å². The molecule has 4 rings (SSSR count). The van der Waals surface area contributed by atoms with E-state index in [2.05, 4.69) is 10.4 Å². The molecule has 2 aromatic heterocycles. The van der Waals surface area contributed by atoms with Gasteiger partial charge in [0.1, 0.15) is 23.9 Å². The van der Waals surface area contributed by atoms with Crippen molar-refractivity contribution in [3.05, 3.63) is 99.9 Å². The topological polar surface area (TPSA) is 69.3 Å². The van der Waals surface area contributed by atoms with E-state index < -0.39 is 5.91 Å². The number of ether oxygens (including phenoxy) is 1. The number of halogens is 3. The van der Waals surface area contributed by atoms with Crippen LogP contribution in [0.25, 0.3) is 0 Å². The van der Waals surface area contributed by atoms with E-state index in [9.17, 15) is 9.18 Å². The van der Waals surface area contributed by atoms with E-state index in [1.807, 2.05) is 0 Å². The molecule has 0 saturated carbocycles. The molecule has 0 aliphatic carbocycles. The molecule has 1 N–H and O–H groups in total. The number of carbonyl (C=O) groups excluding carboxylic acids is 1.